The van der Waals surface area contributed by atoms with Crippen LogP contribution in [-0.2, 0) is 9.47 Å². The maximum Gasteiger partial charge on any atom is 0.145 e. The van der Waals surface area contributed by atoms with E-state index in [-0.39, 0.29) is 16.6 Å². The fourth-order valence-electron chi connectivity index (χ4n) is 1.77. The summed E-state index contributed by atoms with van der Waals surface area (Å²) in [4.78, 5) is 0. The van der Waals surface area contributed by atoms with Crippen LogP contribution in [0.2, 0.25) is 0 Å². The normalized spacial score (nSPS) is 12.7. The molecule has 1 atom stereocenters. The Morgan fingerprint density at radius 3 is 2.70 bits per heavy atom. The number of hydrogen-bond acceptors (Lipinski definition) is 3. The number of ether oxygens (including phenoxy) is 2. The van der Waals surface area contributed by atoms with Crippen LogP contribution in [0.5, 0.6) is 0 Å². The summed E-state index contributed by atoms with van der Waals surface area (Å²) in [5.41, 5.74) is 0.00485. The van der Waals surface area contributed by atoms with Crippen LogP contribution < -0.4 is 5.32 Å². The summed E-state index contributed by atoms with van der Waals surface area (Å²) in [6, 6.07) is 2.08. The Hall–Kier alpha value is -0.560. The highest BCUT2D eigenvalue weighted by Crippen LogP contribution is 2.27. The first-order valence-corrected chi connectivity index (χ1v) is 7.34. The third kappa shape index (κ3) is 5.09. The lowest BCUT2D eigenvalue weighted by molar-refractivity contribution is 0.0575. The predicted octanol–water partition coefficient (Wildman–Crippen LogP) is 3.43. The molecule has 1 aromatic rings. The van der Waals surface area contributed by atoms with Crippen molar-refractivity contribution in [1.29, 1.82) is 0 Å². The van der Waals surface area contributed by atoms with Crippen LogP contribution in [0.3, 0.4) is 0 Å². The van der Waals surface area contributed by atoms with E-state index >= 15 is 0 Å². The van der Waals surface area contributed by atoms with Crippen molar-refractivity contribution >= 4 is 15.9 Å². The van der Waals surface area contributed by atoms with Crippen molar-refractivity contribution in [1.82, 2.24) is 5.32 Å². The minimum atomic E-state index is -0.589. The fraction of sp³-hybridized carbons (Fsp3) is 0.571. The number of methoxy groups -OCH3 is 1. The van der Waals surface area contributed by atoms with Gasteiger partial charge in [-0.1, -0.05) is 6.92 Å². The smallest absolute Gasteiger partial charge is 0.145 e. The first-order valence-electron chi connectivity index (χ1n) is 6.55. The Labute approximate surface area is 126 Å². The monoisotopic (exact) mass is 351 g/mol. The summed E-state index contributed by atoms with van der Waals surface area (Å²) in [6.07, 6.45) is 0.867. The van der Waals surface area contributed by atoms with Gasteiger partial charge in [-0.2, -0.15) is 0 Å². The van der Waals surface area contributed by atoms with E-state index in [2.05, 4.69) is 21.2 Å². The van der Waals surface area contributed by atoms with E-state index in [9.17, 15) is 8.78 Å². The summed E-state index contributed by atoms with van der Waals surface area (Å²) in [7, 11) is 1.57. The van der Waals surface area contributed by atoms with Gasteiger partial charge in [0.2, 0.25) is 0 Å². The molecule has 114 valence electrons. The summed E-state index contributed by atoms with van der Waals surface area (Å²) in [5, 5.41) is 3.10. The van der Waals surface area contributed by atoms with E-state index in [0.717, 1.165) is 6.42 Å². The van der Waals surface area contributed by atoms with Crippen molar-refractivity contribution in [2.24, 2.45) is 0 Å². The molecule has 1 rings (SSSR count). The molecule has 1 N–H and O–H groups in total. The van der Waals surface area contributed by atoms with Gasteiger partial charge in [-0.05, 0) is 41.0 Å². The van der Waals surface area contributed by atoms with Crippen LogP contribution in [0, 0.1) is 11.6 Å². The Morgan fingerprint density at radius 2 is 2.05 bits per heavy atom. The lowest BCUT2D eigenvalue weighted by Crippen LogP contribution is -2.28. The summed E-state index contributed by atoms with van der Waals surface area (Å²) >= 11 is 3.08. The maximum atomic E-state index is 14.1. The van der Waals surface area contributed by atoms with Gasteiger partial charge in [0.05, 0.1) is 30.3 Å². The molecule has 6 heteroatoms. The quantitative estimate of drug-likeness (QED) is 0.546. The lowest BCUT2D eigenvalue weighted by Gasteiger charge is -2.20. The molecule has 0 saturated carbocycles. The molecule has 0 aliphatic carbocycles. The van der Waals surface area contributed by atoms with E-state index in [0.29, 0.717) is 19.8 Å². The number of rotatable bonds is 9. The summed E-state index contributed by atoms with van der Waals surface area (Å²) < 4.78 is 38.5. The van der Waals surface area contributed by atoms with E-state index < -0.39 is 17.7 Å². The molecule has 0 bridgehead atoms. The molecular weight excluding hydrogens is 332 g/mol. The van der Waals surface area contributed by atoms with Gasteiger partial charge in [0.25, 0.3) is 0 Å². The van der Waals surface area contributed by atoms with Crippen molar-refractivity contribution in [3.05, 3.63) is 33.8 Å². The van der Waals surface area contributed by atoms with E-state index in [4.69, 9.17) is 9.47 Å². The molecule has 0 aliphatic rings. The van der Waals surface area contributed by atoms with Gasteiger partial charge in [0.15, 0.2) is 0 Å². The molecule has 3 nitrogen and oxygen atoms in total. The van der Waals surface area contributed by atoms with Crippen LogP contribution >= 0.6 is 15.9 Å². The topological polar surface area (TPSA) is 30.5 Å². The largest absolute Gasteiger partial charge is 0.382 e. The van der Waals surface area contributed by atoms with Gasteiger partial charge in [0, 0.05) is 12.7 Å². The zero-order valence-corrected chi connectivity index (χ0v) is 13.3. The molecule has 0 aromatic heterocycles. The van der Waals surface area contributed by atoms with Crippen molar-refractivity contribution in [2.45, 2.75) is 19.4 Å². The highest BCUT2D eigenvalue weighted by molar-refractivity contribution is 9.10. The van der Waals surface area contributed by atoms with Gasteiger partial charge >= 0.3 is 0 Å². The van der Waals surface area contributed by atoms with Crippen LogP contribution in [0.4, 0.5) is 8.78 Å². The molecule has 0 amide bonds. The molecular formula is C14H20BrF2NO2. The van der Waals surface area contributed by atoms with Crippen molar-refractivity contribution in [3.8, 4) is 0 Å². The fourth-order valence-corrected chi connectivity index (χ4v) is 2.11. The highest BCUT2D eigenvalue weighted by atomic mass is 79.9. The van der Waals surface area contributed by atoms with Crippen LogP contribution in [-0.4, -0.2) is 33.5 Å². The first-order chi connectivity index (χ1) is 9.61. The average Bonchev–Trinajstić information content (AvgIpc) is 2.44. The molecule has 0 fully saturated rings. The Balaban J connectivity index is 2.83. The molecule has 20 heavy (non-hydrogen) atoms. The zero-order valence-electron chi connectivity index (χ0n) is 11.7. The van der Waals surface area contributed by atoms with Crippen LogP contribution in [0.1, 0.15) is 24.9 Å². The minimum Gasteiger partial charge on any atom is -0.382 e. The summed E-state index contributed by atoms with van der Waals surface area (Å²) in [5.74, 6) is -1.16. The second kappa shape index (κ2) is 9.39. The number of hydrogen-bond donors (Lipinski definition) is 1. The third-order valence-corrected chi connectivity index (χ3v) is 3.40. The van der Waals surface area contributed by atoms with Crippen molar-refractivity contribution in [3.63, 3.8) is 0 Å². The standard InChI is InChI=1S/C14H20BrF2NO2/c1-3-6-18-12(9-20-8-7-19-2)13-11(16)5-4-10(15)14(13)17/h4-5,12,18H,3,6-9H2,1-2H3. The molecule has 0 radical (unpaired) electrons. The van der Waals surface area contributed by atoms with Crippen LogP contribution in [0.25, 0.3) is 0 Å². The Bertz CT molecular complexity index is 418. The average molecular weight is 352 g/mol. The van der Waals surface area contributed by atoms with E-state index in [1.165, 1.54) is 12.1 Å². The summed E-state index contributed by atoms with van der Waals surface area (Å²) in [6.45, 7) is 3.67. The minimum absolute atomic E-state index is 0.00485. The lowest BCUT2D eigenvalue weighted by atomic mass is 10.1. The number of halogens is 3. The number of nitrogens with one attached hydrogen (secondary N) is 1. The predicted molar refractivity (Wildman–Crippen MR) is 77.8 cm³/mol. The van der Waals surface area contributed by atoms with Gasteiger partial charge in [-0.3, -0.25) is 0 Å². The van der Waals surface area contributed by atoms with Gasteiger partial charge in [0.1, 0.15) is 11.6 Å². The first kappa shape index (κ1) is 17.5. The third-order valence-electron chi connectivity index (χ3n) is 2.78. The second-order valence-electron chi connectivity index (χ2n) is 4.33. The molecule has 0 heterocycles. The van der Waals surface area contributed by atoms with Gasteiger partial charge in [-0.25, -0.2) is 8.78 Å². The maximum absolute atomic E-state index is 14.1. The Morgan fingerprint density at radius 1 is 1.30 bits per heavy atom. The zero-order chi connectivity index (χ0) is 15.0. The van der Waals surface area contributed by atoms with Gasteiger partial charge < -0.3 is 14.8 Å². The van der Waals surface area contributed by atoms with Crippen molar-refractivity contribution < 1.29 is 18.3 Å². The SMILES string of the molecule is CCCNC(COCCOC)c1c(F)ccc(Br)c1F. The Kier molecular flexibility index (Phi) is 8.21. The van der Waals surface area contributed by atoms with Gasteiger partial charge in [-0.15, -0.1) is 0 Å². The van der Waals surface area contributed by atoms with Crippen molar-refractivity contribution in [2.75, 3.05) is 33.5 Å². The van der Waals surface area contributed by atoms with E-state index in [1.807, 2.05) is 6.92 Å². The van der Waals surface area contributed by atoms with E-state index in [1.54, 1.807) is 7.11 Å². The molecule has 1 unspecified atom stereocenters. The highest BCUT2D eigenvalue weighted by Gasteiger charge is 2.21. The second-order valence-corrected chi connectivity index (χ2v) is 5.19. The molecule has 0 spiro atoms. The van der Waals surface area contributed by atoms with Crippen LogP contribution in [0.15, 0.2) is 16.6 Å². The number of benzene rings is 1. The molecule has 0 saturated heterocycles. The molecule has 1 aromatic carbocycles. The molecule has 0 aliphatic heterocycles.